The first kappa shape index (κ1) is 20.4. The van der Waals surface area contributed by atoms with E-state index in [-0.39, 0.29) is 0 Å². The van der Waals surface area contributed by atoms with E-state index < -0.39 is 5.82 Å². The molecule has 166 valence electrons. The SMILES string of the molecule is Cc1cc(-c2cc(-c3nnc[nH]3)c3nc(C)n(-c4ccnc5c(Cl)ccc(F)c45)c3c2)ccn1. The number of imidazole rings is 1. The van der Waals surface area contributed by atoms with Gasteiger partial charge in [0.1, 0.15) is 23.5 Å². The normalized spacial score (nSPS) is 11.5. The fourth-order valence-electron chi connectivity index (χ4n) is 4.37. The molecular weight excluding hydrogens is 453 g/mol. The number of rotatable bonds is 3. The maximum absolute atomic E-state index is 15.1. The van der Waals surface area contributed by atoms with Gasteiger partial charge in [-0.1, -0.05) is 11.6 Å². The van der Waals surface area contributed by atoms with E-state index in [9.17, 15) is 0 Å². The van der Waals surface area contributed by atoms with Crippen molar-refractivity contribution >= 4 is 33.5 Å². The number of halogens is 2. The van der Waals surface area contributed by atoms with Crippen LogP contribution >= 0.6 is 11.6 Å². The second kappa shape index (κ2) is 7.71. The lowest BCUT2D eigenvalue weighted by Crippen LogP contribution is -2.01. The Morgan fingerprint density at radius 3 is 2.59 bits per heavy atom. The van der Waals surface area contributed by atoms with Crippen LogP contribution in [0.5, 0.6) is 0 Å². The lowest BCUT2D eigenvalue weighted by molar-refractivity contribution is 0.639. The molecular formula is C25H17ClFN7. The van der Waals surface area contributed by atoms with Crippen molar-refractivity contribution in [3.8, 4) is 28.2 Å². The molecule has 0 saturated carbocycles. The standard InChI is InChI=1S/C25H17ClFN7/c1-13-9-15(5-7-28-13)16-10-17(25-30-12-31-33-25)23-21(11-16)34(14(2)32-23)20-6-8-29-24-18(26)3-4-19(27)22(20)24/h3-12H,1-2H3,(H,30,31,33). The first-order valence-corrected chi connectivity index (χ1v) is 10.9. The summed E-state index contributed by atoms with van der Waals surface area (Å²) in [6.07, 6.45) is 4.93. The molecule has 0 radical (unpaired) electrons. The number of nitrogens with zero attached hydrogens (tertiary/aromatic N) is 6. The van der Waals surface area contributed by atoms with Crippen molar-refractivity contribution in [3.63, 3.8) is 0 Å². The van der Waals surface area contributed by atoms with Crippen molar-refractivity contribution in [2.75, 3.05) is 0 Å². The number of hydrogen-bond donors (Lipinski definition) is 1. The van der Waals surface area contributed by atoms with Gasteiger partial charge in [0.05, 0.1) is 27.1 Å². The summed E-state index contributed by atoms with van der Waals surface area (Å²) < 4.78 is 17.0. The van der Waals surface area contributed by atoms with Crippen LogP contribution in [0.3, 0.4) is 0 Å². The fourth-order valence-corrected chi connectivity index (χ4v) is 4.58. The molecule has 34 heavy (non-hydrogen) atoms. The highest BCUT2D eigenvalue weighted by Crippen LogP contribution is 2.36. The Balaban J connectivity index is 1.73. The van der Waals surface area contributed by atoms with Gasteiger partial charge in [-0.2, -0.15) is 0 Å². The molecule has 6 rings (SSSR count). The summed E-state index contributed by atoms with van der Waals surface area (Å²) in [6.45, 7) is 3.83. The van der Waals surface area contributed by atoms with Gasteiger partial charge in [0.25, 0.3) is 0 Å². The molecule has 0 aliphatic carbocycles. The first-order chi connectivity index (χ1) is 16.5. The molecule has 0 unspecified atom stereocenters. The summed E-state index contributed by atoms with van der Waals surface area (Å²) in [5.41, 5.74) is 6.16. The Kier molecular flexibility index (Phi) is 4.63. The van der Waals surface area contributed by atoms with E-state index in [2.05, 4.69) is 25.1 Å². The highest BCUT2D eigenvalue weighted by atomic mass is 35.5. The number of benzene rings is 2. The number of aromatic nitrogens is 7. The predicted molar refractivity (Wildman–Crippen MR) is 129 cm³/mol. The zero-order valence-electron chi connectivity index (χ0n) is 18.2. The molecule has 0 spiro atoms. The van der Waals surface area contributed by atoms with Crippen LogP contribution in [0.15, 0.2) is 61.2 Å². The smallest absolute Gasteiger partial charge is 0.163 e. The highest BCUT2D eigenvalue weighted by molar-refractivity contribution is 6.35. The second-order valence-electron chi connectivity index (χ2n) is 7.99. The molecule has 0 aliphatic heterocycles. The highest BCUT2D eigenvalue weighted by Gasteiger charge is 2.20. The average molecular weight is 470 g/mol. The van der Waals surface area contributed by atoms with Crippen molar-refractivity contribution in [2.24, 2.45) is 0 Å². The van der Waals surface area contributed by atoms with Crippen molar-refractivity contribution in [1.29, 1.82) is 0 Å². The Morgan fingerprint density at radius 1 is 0.941 bits per heavy atom. The van der Waals surface area contributed by atoms with E-state index in [0.29, 0.717) is 33.3 Å². The molecule has 6 aromatic rings. The molecule has 9 heteroatoms. The summed E-state index contributed by atoms with van der Waals surface area (Å²) in [4.78, 5) is 16.6. The maximum atomic E-state index is 15.1. The maximum Gasteiger partial charge on any atom is 0.163 e. The van der Waals surface area contributed by atoms with Crippen LogP contribution in [0.2, 0.25) is 5.02 Å². The van der Waals surface area contributed by atoms with E-state index in [1.54, 1.807) is 18.5 Å². The lowest BCUT2D eigenvalue weighted by atomic mass is 10.0. The molecule has 0 saturated heterocycles. The quantitative estimate of drug-likeness (QED) is 0.352. The molecule has 4 heterocycles. The monoisotopic (exact) mass is 469 g/mol. The molecule has 2 aromatic carbocycles. The summed E-state index contributed by atoms with van der Waals surface area (Å²) >= 11 is 6.35. The van der Waals surface area contributed by atoms with Crippen molar-refractivity contribution in [1.82, 2.24) is 34.7 Å². The topological polar surface area (TPSA) is 85.2 Å². The summed E-state index contributed by atoms with van der Waals surface area (Å²) in [5.74, 6) is 0.877. The number of aromatic amines is 1. The average Bonchev–Trinajstić information content (AvgIpc) is 3.48. The third-order valence-corrected chi connectivity index (χ3v) is 6.15. The summed E-state index contributed by atoms with van der Waals surface area (Å²) in [7, 11) is 0. The lowest BCUT2D eigenvalue weighted by Gasteiger charge is -2.13. The van der Waals surface area contributed by atoms with Crippen LogP contribution in [-0.4, -0.2) is 34.7 Å². The number of aryl methyl sites for hydroxylation is 2. The minimum atomic E-state index is -0.403. The zero-order valence-corrected chi connectivity index (χ0v) is 19.0. The fraction of sp³-hybridized carbons (Fsp3) is 0.0800. The van der Waals surface area contributed by atoms with Gasteiger partial charge in [0.15, 0.2) is 5.82 Å². The summed E-state index contributed by atoms with van der Waals surface area (Å²) in [5, 5.41) is 8.89. The third kappa shape index (κ3) is 3.14. The minimum absolute atomic E-state index is 0.337. The Bertz CT molecular complexity index is 1710. The van der Waals surface area contributed by atoms with Crippen LogP contribution in [0.4, 0.5) is 4.39 Å². The largest absolute Gasteiger partial charge is 0.327 e. The molecule has 4 aromatic heterocycles. The van der Waals surface area contributed by atoms with Gasteiger partial charge >= 0.3 is 0 Å². The molecule has 1 N–H and O–H groups in total. The number of pyridine rings is 2. The minimum Gasteiger partial charge on any atom is -0.327 e. The van der Waals surface area contributed by atoms with Crippen molar-refractivity contribution < 1.29 is 4.39 Å². The Morgan fingerprint density at radius 2 is 1.79 bits per heavy atom. The van der Waals surface area contributed by atoms with E-state index in [1.807, 2.05) is 42.7 Å². The van der Waals surface area contributed by atoms with E-state index >= 15 is 4.39 Å². The third-order valence-electron chi connectivity index (χ3n) is 5.84. The molecule has 7 nitrogen and oxygen atoms in total. The van der Waals surface area contributed by atoms with Crippen molar-refractivity contribution in [2.45, 2.75) is 13.8 Å². The van der Waals surface area contributed by atoms with Gasteiger partial charge in [-0.25, -0.2) is 9.37 Å². The van der Waals surface area contributed by atoms with Gasteiger partial charge in [-0.05, 0) is 67.4 Å². The van der Waals surface area contributed by atoms with E-state index in [1.165, 1.54) is 18.5 Å². The van der Waals surface area contributed by atoms with Crippen molar-refractivity contribution in [3.05, 3.63) is 83.5 Å². The number of fused-ring (bicyclic) bond motifs is 2. The van der Waals surface area contributed by atoms with Gasteiger partial charge in [0, 0.05) is 23.7 Å². The summed E-state index contributed by atoms with van der Waals surface area (Å²) in [6, 6.07) is 12.7. The molecule has 0 amide bonds. The Hall–Kier alpha value is -4.17. The number of H-pyrrole nitrogens is 1. The zero-order chi connectivity index (χ0) is 23.4. The predicted octanol–water partition coefficient (Wildman–Crippen LogP) is 5.83. The van der Waals surface area contributed by atoms with Gasteiger partial charge in [-0.3, -0.25) is 14.5 Å². The van der Waals surface area contributed by atoms with Gasteiger partial charge in [-0.15, -0.1) is 10.2 Å². The molecule has 0 atom stereocenters. The van der Waals surface area contributed by atoms with Gasteiger partial charge < -0.3 is 4.98 Å². The first-order valence-electron chi connectivity index (χ1n) is 10.6. The van der Waals surface area contributed by atoms with Crippen LogP contribution < -0.4 is 0 Å². The molecule has 0 bridgehead atoms. The van der Waals surface area contributed by atoms with Crippen LogP contribution in [0.25, 0.3) is 50.1 Å². The van der Waals surface area contributed by atoms with Gasteiger partial charge in [0.2, 0.25) is 0 Å². The van der Waals surface area contributed by atoms with Crippen LogP contribution in [0, 0.1) is 19.7 Å². The number of nitrogens with one attached hydrogen (secondary N) is 1. The van der Waals surface area contributed by atoms with Crippen LogP contribution in [0.1, 0.15) is 11.5 Å². The van der Waals surface area contributed by atoms with E-state index in [0.717, 1.165) is 33.4 Å². The molecule has 0 fully saturated rings. The van der Waals surface area contributed by atoms with Crippen LogP contribution in [-0.2, 0) is 0 Å². The second-order valence-corrected chi connectivity index (χ2v) is 8.40. The number of hydrogen-bond acceptors (Lipinski definition) is 5. The Labute approximate surface area is 198 Å². The molecule has 0 aliphatic rings. The van der Waals surface area contributed by atoms with E-state index in [4.69, 9.17) is 16.6 Å².